The number of hydrogen-bond acceptors (Lipinski definition) is 4. The average molecular weight is 362 g/mol. The number of aromatic amines is 1. The lowest BCUT2D eigenvalue weighted by molar-refractivity contribution is -0.384. The largest absolute Gasteiger partial charge is 0.358 e. The SMILES string of the molecule is O=C(N/N=C/c1cccc([N+](=O)[O-])c1)c1ccc2[nH]c3c(c2c1)CCCC3. The number of hydrazone groups is 1. The molecule has 7 heteroatoms. The number of carbonyl (C=O) groups is 1. The number of fused-ring (bicyclic) bond motifs is 3. The van der Waals surface area contributed by atoms with Gasteiger partial charge in [0.2, 0.25) is 0 Å². The van der Waals surface area contributed by atoms with E-state index >= 15 is 0 Å². The monoisotopic (exact) mass is 362 g/mol. The summed E-state index contributed by atoms with van der Waals surface area (Å²) in [6.45, 7) is 0. The number of aromatic nitrogens is 1. The van der Waals surface area contributed by atoms with Gasteiger partial charge in [0.25, 0.3) is 11.6 Å². The molecule has 1 aliphatic rings. The first-order chi connectivity index (χ1) is 13.1. The number of carbonyl (C=O) groups excluding carboxylic acids is 1. The van der Waals surface area contributed by atoms with Crippen LogP contribution in [0.5, 0.6) is 0 Å². The van der Waals surface area contributed by atoms with Crippen molar-refractivity contribution in [2.75, 3.05) is 0 Å². The Morgan fingerprint density at radius 3 is 2.89 bits per heavy atom. The minimum absolute atomic E-state index is 0.0204. The molecule has 0 spiro atoms. The molecule has 0 atom stereocenters. The highest BCUT2D eigenvalue weighted by Gasteiger charge is 2.16. The first-order valence-electron chi connectivity index (χ1n) is 8.83. The summed E-state index contributed by atoms with van der Waals surface area (Å²) in [5.41, 5.74) is 7.18. The van der Waals surface area contributed by atoms with Gasteiger partial charge in [-0.2, -0.15) is 5.10 Å². The third kappa shape index (κ3) is 3.44. The average Bonchev–Trinajstić information content (AvgIpc) is 3.06. The zero-order chi connectivity index (χ0) is 18.8. The molecule has 0 fully saturated rings. The van der Waals surface area contributed by atoms with Crippen LogP contribution in [0.4, 0.5) is 5.69 Å². The molecule has 0 aliphatic heterocycles. The predicted octanol–water partition coefficient (Wildman–Crippen LogP) is 3.72. The van der Waals surface area contributed by atoms with Gasteiger partial charge in [0, 0.05) is 39.9 Å². The zero-order valence-corrected chi connectivity index (χ0v) is 14.6. The number of non-ortho nitro benzene ring substituents is 1. The Kier molecular flexibility index (Phi) is 4.42. The fraction of sp³-hybridized carbons (Fsp3) is 0.200. The molecular weight excluding hydrogens is 344 g/mol. The second-order valence-corrected chi connectivity index (χ2v) is 6.60. The lowest BCUT2D eigenvalue weighted by Gasteiger charge is -2.10. The van der Waals surface area contributed by atoms with Gasteiger partial charge in [0.05, 0.1) is 11.1 Å². The summed E-state index contributed by atoms with van der Waals surface area (Å²) in [5.74, 6) is -0.315. The standard InChI is InChI=1S/C20H18N4O3/c25-20(23-21-12-13-4-3-5-15(10-13)24(26)27)14-8-9-19-17(11-14)16-6-1-2-7-18(16)22-19/h3-5,8-12,22H,1-2,6-7H2,(H,23,25)/b21-12+. The van der Waals surface area contributed by atoms with Crippen molar-refractivity contribution in [2.24, 2.45) is 5.10 Å². The molecule has 27 heavy (non-hydrogen) atoms. The van der Waals surface area contributed by atoms with Crippen molar-refractivity contribution in [1.82, 2.24) is 10.4 Å². The molecule has 4 rings (SSSR count). The fourth-order valence-electron chi connectivity index (χ4n) is 3.50. The quantitative estimate of drug-likeness (QED) is 0.420. The number of nitrogens with one attached hydrogen (secondary N) is 2. The Morgan fingerprint density at radius 1 is 1.19 bits per heavy atom. The van der Waals surface area contributed by atoms with E-state index in [1.54, 1.807) is 18.2 Å². The van der Waals surface area contributed by atoms with E-state index in [9.17, 15) is 14.9 Å². The Balaban J connectivity index is 1.51. The maximum Gasteiger partial charge on any atom is 0.271 e. The van der Waals surface area contributed by atoms with Crippen molar-refractivity contribution >= 4 is 28.7 Å². The summed E-state index contributed by atoms with van der Waals surface area (Å²) in [4.78, 5) is 26.2. The Labute approximate surface area is 155 Å². The number of nitrogens with zero attached hydrogens (tertiary/aromatic N) is 2. The second kappa shape index (κ2) is 7.03. The van der Waals surface area contributed by atoms with Gasteiger partial charge in [-0.3, -0.25) is 14.9 Å². The number of H-pyrrole nitrogens is 1. The molecule has 0 saturated heterocycles. The third-order valence-electron chi connectivity index (χ3n) is 4.82. The van der Waals surface area contributed by atoms with Crippen LogP contribution in [0.25, 0.3) is 10.9 Å². The van der Waals surface area contributed by atoms with E-state index in [0.717, 1.165) is 23.7 Å². The molecule has 0 saturated carbocycles. The van der Waals surface area contributed by atoms with Crippen molar-refractivity contribution < 1.29 is 9.72 Å². The number of hydrogen-bond donors (Lipinski definition) is 2. The molecule has 3 aromatic rings. The van der Waals surface area contributed by atoms with E-state index in [1.807, 2.05) is 12.1 Å². The predicted molar refractivity (Wildman–Crippen MR) is 103 cm³/mol. The van der Waals surface area contributed by atoms with Gasteiger partial charge in [-0.25, -0.2) is 5.43 Å². The van der Waals surface area contributed by atoms with Crippen molar-refractivity contribution in [3.05, 3.63) is 75.0 Å². The molecule has 0 radical (unpaired) electrons. The Morgan fingerprint density at radius 2 is 2.04 bits per heavy atom. The highest BCUT2D eigenvalue weighted by Crippen LogP contribution is 2.29. The molecule has 2 N–H and O–H groups in total. The molecule has 0 unspecified atom stereocenters. The molecule has 1 aliphatic carbocycles. The summed E-state index contributed by atoms with van der Waals surface area (Å²) >= 11 is 0. The minimum Gasteiger partial charge on any atom is -0.358 e. The lowest BCUT2D eigenvalue weighted by Crippen LogP contribution is -2.17. The van der Waals surface area contributed by atoms with Crippen LogP contribution in [0.3, 0.4) is 0 Å². The number of rotatable bonds is 4. The molecule has 2 aromatic carbocycles. The van der Waals surface area contributed by atoms with Crippen LogP contribution in [0.2, 0.25) is 0 Å². The summed E-state index contributed by atoms with van der Waals surface area (Å²) in [6.07, 6.45) is 5.84. The van der Waals surface area contributed by atoms with Crippen LogP contribution in [0.15, 0.2) is 47.6 Å². The summed E-state index contributed by atoms with van der Waals surface area (Å²) in [6, 6.07) is 11.6. The number of aryl methyl sites for hydroxylation is 2. The Hall–Kier alpha value is -3.48. The lowest BCUT2D eigenvalue weighted by atomic mass is 9.95. The van der Waals surface area contributed by atoms with Gasteiger partial charge in [0.1, 0.15) is 0 Å². The molecular formula is C20H18N4O3. The van der Waals surface area contributed by atoms with Gasteiger partial charge in [-0.1, -0.05) is 12.1 Å². The topological polar surface area (TPSA) is 100 Å². The zero-order valence-electron chi connectivity index (χ0n) is 14.6. The Bertz CT molecular complexity index is 1070. The van der Waals surface area contributed by atoms with Crippen molar-refractivity contribution in [1.29, 1.82) is 0 Å². The number of nitro groups is 1. The summed E-state index contributed by atoms with van der Waals surface area (Å²) in [7, 11) is 0. The number of amides is 1. The van der Waals surface area contributed by atoms with Crippen LogP contribution in [0.1, 0.15) is 40.0 Å². The van der Waals surface area contributed by atoms with Crippen LogP contribution in [-0.4, -0.2) is 22.0 Å². The molecule has 1 amide bonds. The molecule has 7 nitrogen and oxygen atoms in total. The van der Waals surface area contributed by atoms with Gasteiger partial charge in [-0.15, -0.1) is 0 Å². The maximum absolute atomic E-state index is 12.4. The van der Waals surface area contributed by atoms with Crippen molar-refractivity contribution in [3.8, 4) is 0 Å². The van der Waals surface area contributed by atoms with Gasteiger partial charge >= 0.3 is 0 Å². The van der Waals surface area contributed by atoms with Crippen molar-refractivity contribution in [2.45, 2.75) is 25.7 Å². The van der Waals surface area contributed by atoms with E-state index in [4.69, 9.17) is 0 Å². The highest BCUT2D eigenvalue weighted by atomic mass is 16.6. The van der Waals surface area contributed by atoms with E-state index in [-0.39, 0.29) is 11.6 Å². The van der Waals surface area contributed by atoms with Crippen LogP contribution in [-0.2, 0) is 12.8 Å². The van der Waals surface area contributed by atoms with Gasteiger partial charge in [0.15, 0.2) is 0 Å². The van der Waals surface area contributed by atoms with E-state index < -0.39 is 4.92 Å². The van der Waals surface area contributed by atoms with Crippen LogP contribution >= 0.6 is 0 Å². The maximum atomic E-state index is 12.4. The minimum atomic E-state index is -0.470. The number of nitro benzene ring substituents is 1. The molecule has 1 heterocycles. The van der Waals surface area contributed by atoms with Crippen molar-refractivity contribution in [3.63, 3.8) is 0 Å². The summed E-state index contributed by atoms with van der Waals surface area (Å²) in [5, 5.41) is 15.8. The number of benzene rings is 2. The van der Waals surface area contributed by atoms with Gasteiger partial charge in [-0.05, 0) is 49.4 Å². The molecule has 136 valence electrons. The van der Waals surface area contributed by atoms with E-state index in [1.165, 1.54) is 42.4 Å². The highest BCUT2D eigenvalue weighted by molar-refractivity contribution is 5.99. The van der Waals surface area contributed by atoms with E-state index in [2.05, 4.69) is 15.5 Å². The first-order valence-corrected chi connectivity index (χ1v) is 8.83. The van der Waals surface area contributed by atoms with E-state index in [0.29, 0.717) is 11.1 Å². The fourth-order valence-corrected chi connectivity index (χ4v) is 3.50. The third-order valence-corrected chi connectivity index (χ3v) is 4.82. The van der Waals surface area contributed by atoms with Crippen LogP contribution < -0.4 is 5.43 Å². The second-order valence-electron chi connectivity index (χ2n) is 6.60. The first kappa shape index (κ1) is 17.0. The molecule has 0 bridgehead atoms. The smallest absolute Gasteiger partial charge is 0.271 e. The molecule has 1 aromatic heterocycles. The van der Waals surface area contributed by atoms with Crippen LogP contribution in [0, 0.1) is 10.1 Å². The normalized spacial score (nSPS) is 13.6. The summed E-state index contributed by atoms with van der Waals surface area (Å²) < 4.78 is 0. The van der Waals surface area contributed by atoms with Gasteiger partial charge < -0.3 is 4.98 Å².